The summed E-state index contributed by atoms with van der Waals surface area (Å²) in [6.07, 6.45) is 7.24. The summed E-state index contributed by atoms with van der Waals surface area (Å²) in [4.78, 5) is 20.6. The highest BCUT2D eigenvalue weighted by Gasteiger charge is 2.52. The Hall–Kier alpha value is -2.53. The van der Waals surface area contributed by atoms with Gasteiger partial charge in [0.25, 0.3) is 0 Å². The van der Waals surface area contributed by atoms with Gasteiger partial charge in [-0.15, -0.1) is 0 Å². The van der Waals surface area contributed by atoms with Gasteiger partial charge in [-0.05, 0) is 111 Å². The van der Waals surface area contributed by atoms with Crippen LogP contribution in [0.1, 0.15) is 56.9 Å². The Kier molecular flexibility index (Phi) is 10.2. The Morgan fingerprint density at radius 3 is 2.33 bits per heavy atom. The number of hydrogen-bond donors (Lipinski definition) is 0. The van der Waals surface area contributed by atoms with E-state index in [1.54, 1.807) is 24.3 Å². The summed E-state index contributed by atoms with van der Waals surface area (Å²) >= 11 is 0. The van der Waals surface area contributed by atoms with E-state index in [-0.39, 0.29) is 34.3 Å². The van der Waals surface area contributed by atoms with Gasteiger partial charge in [0.2, 0.25) is 0 Å². The fraction of sp³-hybridized carbons (Fsp3) is 0.658. The number of nitrogens with zero attached hydrogens (tertiary/aromatic N) is 3. The zero-order chi connectivity index (χ0) is 33.3. The van der Waals surface area contributed by atoms with Crippen LogP contribution < -0.4 is 4.90 Å². The van der Waals surface area contributed by atoms with Gasteiger partial charge in [-0.2, -0.15) is 0 Å². The molecule has 0 aromatic heterocycles. The van der Waals surface area contributed by atoms with Crippen molar-refractivity contribution in [2.45, 2.75) is 66.9 Å². The number of likely N-dealkylation sites (tertiary alicyclic amines) is 1. The number of anilines is 1. The highest BCUT2D eigenvalue weighted by Crippen LogP contribution is 2.54. The zero-order valence-electron chi connectivity index (χ0n) is 28.4. The number of sulfone groups is 1. The number of morpholine rings is 1. The first-order chi connectivity index (χ1) is 23.3. The summed E-state index contributed by atoms with van der Waals surface area (Å²) in [6, 6.07) is 14.9. The van der Waals surface area contributed by atoms with Crippen LogP contribution in [0.3, 0.4) is 0 Å². The standard InChI is InChI=1S/C38H52FN3O5S/c1-46-37(43)22-29-4-2-7-36(29)38(27-41-18-20-47-21-19-41,31-5-3-6-32(39)23-31)30-14-16-40(17-15-30)24-28-25-42(26-28)33-8-10-34(11-9-33)48(44,45)35-12-13-35/h3,5-6,8-11,23,28-30,35-36H,2,4,7,12-22,24-27H2,1H3/t29-,36+,38+/m1/s1. The molecule has 5 fully saturated rings. The third-order valence-electron chi connectivity index (χ3n) is 12.2. The molecule has 2 aromatic carbocycles. The van der Waals surface area contributed by atoms with Crippen molar-refractivity contribution in [1.29, 1.82) is 0 Å². The number of piperidine rings is 1. The number of hydrogen-bond acceptors (Lipinski definition) is 8. The smallest absolute Gasteiger partial charge is 0.305 e. The monoisotopic (exact) mass is 681 g/mol. The lowest BCUT2D eigenvalue weighted by molar-refractivity contribution is -0.142. The molecular formula is C38H52FN3O5S. The number of ether oxygens (including phenoxy) is 2. The fourth-order valence-electron chi connectivity index (χ4n) is 9.56. The molecule has 3 saturated heterocycles. The predicted molar refractivity (Wildman–Crippen MR) is 184 cm³/mol. The molecule has 8 nitrogen and oxygen atoms in total. The van der Waals surface area contributed by atoms with E-state index >= 15 is 4.39 Å². The quantitative estimate of drug-likeness (QED) is 0.285. The van der Waals surface area contributed by atoms with Crippen molar-refractivity contribution in [2.24, 2.45) is 23.7 Å². The first kappa shape index (κ1) is 33.9. The number of esters is 1. The molecule has 2 aromatic rings. The maximum atomic E-state index is 15.1. The molecule has 2 saturated carbocycles. The van der Waals surface area contributed by atoms with Crippen LogP contribution >= 0.6 is 0 Å². The normalized spacial score (nSPS) is 26.2. The summed E-state index contributed by atoms with van der Waals surface area (Å²) in [5, 5.41) is -0.182. The topological polar surface area (TPSA) is 79.4 Å². The Morgan fingerprint density at radius 1 is 0.938 bits per heavy atom. The molecule has 0 N–H and O–H groups in total. The minimum atomic E-state index is -3.16. The molecule has 0 bridgehead atoms. The number of halogens is 1. The third-order valence-corrected chi connectivity index (χ3v) is 14.5. The van der Waals surface area contributed by atoms with Gasteiger partial charge in [0.15, 0.2) is 9.84 Å². The van der Waals surface area contributed by atoms with Gasteiger partial charge in [0.1, 0.15) is 5.82 Å². The van der Waals surface area contributed by atoms with Crippen LogP contribution in [0.25, 0.3) is 0 Å². The molecule has 0 radical (unpaired) electrons. The molecule has 7 rings (SSSR count). The summed E-state index contributed by atoms with van der Waals surface area (Å²) in [5.41, 5.74) is 1.94. The van der Waals surface area contributed by atoms with Crippen molar-refractivity contribution in [3.8, 4) is 0 Å². The largest absolute Gasteiger partial charge is 0.469 e. The second-order valence-corrected chi connectivity index (χ2v) is 17.3. The average Bonchev–Trinajstić information content (AvgIpc) is 3.86. The second-order valence-electron chi connectivity index (χ2n) is 15.1. The molecule has 262 valence electrons. The van der Waals surface area contributed by atoms with Crippen molar-refractivity contribution < 1.29 is 27.1 Å². The van der Waals surface area contributed by atoms with E-state index in [1.165, 1.54) is 7.11 Å². The van der Waals surface area contributed by atoms with Crippen molar-refractivity contribution >= 4 is 21.5 Å². The maximum absolute atomic E-state index is 15.1. The van der Waals surface area contributed by atoms with E-state index in [2.05, 4.69) is 20.8 Å². The minimum Gasteiger partial charge on any atom is -0.469 e. The second kappa shape index (κ2) is 14.4. The van der Waals surface area contributed by atoms with Crippen molar-refractivity contribution in [2.75, 3.05) is 77.6 Å². The van der Waals surface area contributed by atoms with Crippen LogP contribution in [-0.2, 0) is 29.5 Å². The van der Waals surface area contributed by atoms with Crippen molar-refractivity contribution in [3.05, 3.63) is 59.9 Å². The number of carbonyl (C=O) groups excluding carboxylic acids is 1. The molecule has 3 heterocycles. The number of benzene rings is 2. The highest BCUT2D eigenvalue weighted by atomic mass is 32.2. The fourth-order valence-corrected chi connectivity index (χ4v) is 11.2. The SMILES string of the molecule is COC(=O)C[C@H]1CCC[C@@H]1[C@](CN1CCOCC1)(c1cccc(F)c1)C1CCN(CC2CN(c3ccc(S(=O)(=O)C4CC4)cc3)C2)CC1. The summed E-state index contributed by atoms with van der Waals surface area (Å²) in [6.45, 7) is 9.11. The van der Waals surface area contributed by atoms with Gasteiger partial charge in [-0.3, -0.25) is 9.69 Å². The summed E-state index contributed by atoms with van der Waals surface area (Å²) in [5.74, 6) is 1.14. The molecule has 3 atom stereocenters. The van der Waals surface area contributed by atoms with E-state index < -0.39 is 9.84 Å². The molecule has 0 unspecified atom stereocenters. The van der Waals surface area contributed by atoms with E-state index in [0.717, 1.165) is 122 Å². The van der Waals surface area contributed by atoms with Gasteiger partial charge in [0.05, 0.1) is 30.5 Å². The van der Waals surface area contributed by atoms with E-state index in [1.807, 2.05) is 18.2 Å². The first-order valence-electron chi connectivity index (χ1n) is 18.2. The van der Waals surface area contributed by atoms with Crippen LogP contribution in [0.2, 0.25) is 0 Å². The van der Waals surface area contributed by atoms with Gasteiger partial charge in [-0.25, -0.2) is 12.8 Å². The van der Waals surface area contributed by atoms with Crippen molar-refractivity contribution in [1.82, 2.24) is 9.80 Å². The van der Waals surface area contributed by atoms with Crippen LogP contribution in [0.4, 0.5) is 10.1 Å². The molecule has 0 spiro atoms. The van der Waals surface area contributed by atoms with E-state index in [4.69, 9.17) is 9.47 Å². The van der Waals surface area contributed by atoms with Gasteiger partial charge < -0.3 is 19.3 Å². The van der Waals surface area contributed by atoms with Crippen LogP contribution in [0, 0.1) is 29.5 Å². The average molecular weight is 682 g/mol. The molecule has 5 aliphatic rings. The van der Waals surface area contributed by atoms with Crippen LogP contribution in [0.5, 0.6) is 0 Å². The van der Waals surface area contributed by atoms with Crippen molar-refractivity contribution in [3.63, 3.8) is 0 Å². The zero-order valence-corrected chi connectivity index (χ0v) is 29.2. The van der Waals surface area contributed by atoms with Gasteiger partial charge in [0, 0.05) is 62.7 Å². The molecule has 3 aliphatic heterocycles. The van der Waals surface area contributed by atoms with E-state index in [0.29, 0.717) is 23.2 Å². The molecule has 48 heavy (non-hydrogen) atoms. The van der Waals surface area contributed by atoms with Crippen LogP contribution in [-0.4, -0.2) is 102 Å². The summed E-state index contributed by atoms with van der Waals surface area (Å²) < 4.78 is 51.1. The minimum absolute atomic E-state index is 0.144. The lowest BCUT2D eigenvalue weighted by Gasteiger charge is -2.53. The maximum Gasteiger partial charge on any atom is 0.305 e. The predicted octanol–water partition coefficient (Wildman–Crippen LogP) is 5.16. The number of methoxy groups -OCH3 is 1. The molecular weight excluding hydrogens is 629 g/mol. The van der Waals surface area contributed by atoms with Gasteiger partial charge >= 0.3 is 5.97 Å². The third kappa shape index (κ3) is 7.05. The Bertz CT molecular complexity index is 1510. The van der Waals surface area contributed by atoms with Gasteiger partial charge in [-0.1, -0.05) is 18.6 Å². The molecule has 10 heteroatoms. The lowest BCUT2D eigenvalue weighted by Crippen LogP contribution is -2.57. The highest BCUT2D eigenvalue weighted by molar-refractivity contribution is 7.92. The molecule has 0 amide bonds. The Morgan fingerprint density at radius 2 is 1.67 bits per heavy atom. The lowest BCUT2D eigenvalue weighted by atomic mass is 9.56. The summed E-state index contributed by atoms with van der Waals surface area (Å²) in [7, 11) is -1.68. The van der Waals surface area contributed by atoms with Crippen LogP contribution in [0.15, 0.2) is 53.4 Å². The Labute approximate surface area is 285 Å². The van der Waals surface area contributed by atoms with E-state index in [9.17, 15) is 13.2 Å². The molecule has 2 aliphatic carbocycles. The number of carbonyl (C=O) groups is 1. The Balaban J connectivity index is 1.04. The number of rotatable bonds is 12. The first-order valence-corrected chi connectivity index (χ1v) is 19.7.